The van der Waals surface area contributed by atoms with Gasteiger partial charge in [-0.3, -0.25) is 0 Å². The fourth-order valence-electron chi connectivity index (χ4n) is 1.82. The maximum atomic E-state index is 5.68. The first-order valence-corrected chi connectivity index (χ1v) is 7.27. The molecule has 7 N–H and O–H groups in total. The van der Waals surface area contributed by atoms with Gasteiger partial charge >= 0.3 is 0 Å². The van der Waals surface area contributed by atoms with Gasteiger partial charge in [0.1, 0.15) is 0 Å². The number of nitrogens with one attached hydrogen (secondary N) is 1. The Morgan fingerprint density at radius 1 is 1.14 bits per heavy atom. The number of nitrogens with zero attached hydrogens (tertiary/aromatic N) is 2. The van der Waals surface area contributed by atoms with Crippen LogP contribution in [0, 0.1) is 0 Å². The van der Waals surface area contributed by atoms with E-state index in [1.807, 2.05) is 35.7 Å². The Morgan fingerprint density at radius 2 is 1.90 bits per heavy atom. The third kappa shape index (κ3) is 4.22. The van der Waals surface area contributed by atoms with Gasteiger partial charge in [0.15, 0.2) is 5.96 Å². The topological polar surface area (TPSA) is 115 Å². The molecule has 0 aliphatic rings. The van der Waals surface area contributed by atoms with E-state index < -0.39 is 0 Å². The van der Waals surface area contributed by atoms with E-state index in [1.54, 1.807) is 11.3 Å². The minimum absolute atomic E-state index is 0.0213. The van der Waals surface area contributed by atoms with Crippen LogP contribution in [0.4, 0.5) is 11.4 Å². The third-order valence-electron chi connectivity index (χ3n) is 2.72. The van der Waals surface area contributed by atoms with Gasteiger partial charge in [0, 0.05) is 4.88 Å². The van der Waals surface area contributed by atoms with Gasteiger partial charge in [-0.1, -0.05) is 18.2 Å². The van der Waals surface area contributed by atoms with Crippen molar-refractivity contribution in [3.05, 3.63) is 46.7 Å². The summed E-state index contributed by atoms with van der Waals surface area (Å²) in [5.74, 6) is -0.0957. The fraction of sp³-hybridized carbons (Fsp3) is 0.143. The standard InChI is InChI=1S/C14H18N6S/c1-9(12-7-4-8-21-12)18-10-5-2-3-6-11(10)19-14(17)20-13(15)16/h2-9,18H,1H3,(H6,15,16,17,19,20). The van der Waals surface area contributed by atoms with Gasteiger partial charge in [-0.15, -0.1) is 11.3 Å². The van der Waals surface area contributed by atoms with E-state index in [0.717, 1.165) is 5.69 Å². The number of hydrogen-bond donors (Lipinski definition) is 4. The van der Waals surface area contributed by atoms with Crippen molar-refractivity contribution in [2.75, 3.05) is 5.32 Å². The lowest BCUT2D eigenvalue weighted by molar-refractivity contribution is 0.908. The molecule has 6 nitrogen and oxygen atoms in total. The van der Waals surface area contributed by atoms with Gasteiger partial charge in [-0.05, 0) is 30.5 Å². The third-order valence-corrected chi connectivity index (χ3v) is 3.78. The molecule has 110 valence electrons. The largest absolute Gasteiger partial charge is 0.376 e. The highest BCUT2D eigenvalue weighted by molar-refractivity contribution is 7.10. The van der Waals surface area contributed by atoms with E-state index in [4.69, 9.17) is 17.2 Å². The number of benzene rings is 1. The lowest BCUT2D eigenvalue weighted by Crippen LogP contribution is -2.26. The van der Waals surface area contributed by atoms with Gasteiger partial charge in [0.25, 0.3) is 0 Å². The molecule has 1 unspecified atom stereocenters. The van der Waals surface area contributed by atoms with Crippen molar-refractivity contribution >= 4 is 34.6 Å². The van der Waals surface area contributed by atoms with Crippen molar-refractivity contribution in [3.63, 3.8) is 0 Å². The summed E-state index contributed by atoms with van der Waals surface area (Å²) in [7, 11) is 0. The van der Waals surface area contributed by atoms with Crippen LogP contribution in [0.25, 0.3) is 0 Å². The Kier molecular flexibility index (Phi) is 4.78. The molecule has 0 amide bonds. The average molecular weight is 302 g/mol. The van der Waals surface area contributed by atoms with Crippen LogP contribution in [0.15, 0.2) is 51.8 Å². The maximum absolute atomic E-state index is 5.68. The zero-order valence-corrected chi connectivity index (χ0v) is 12.5. The highest BCUT2D eigenvalue weighted by Gasteiger charge is 2.08. The van der Waals surface area contributed by atoms with E-state index in [1.165, 1.54) is 4.88 Å². The van der Waals surface area contributed by atoms with Gasteiger partial charge < -0.3 is 22.5 Å². The van der Waals surface area contributed by atoms with Crippen LogP contribution in [-0.4, -0.2) is 11.9 Å². The lowest BCUT2D eigenvalue weighted by Gasteiger charge is -2.15. The first-order valence-electron chi connectivity index (χ1n) is 6.39. The predicted octanol–water partition coefficient (Wildman–Crippen LogP) is 2.14. The zero-order valence-electron chi connectivity index (χ0n) is 11.7. The van der Waals surface area contributed by atoms with Crippen LogP contribution in [0.5, 0.6) is 0 Å². The summed E-state index contributed by atoms with van der Waals surface area (Å²) in [5.41, 5.74) is 17.8. The summed E-state index contributed by atoms with van der Waals surface area (Å²) in [5, 5.41) is 5.46. The molecule has 21 heavy (non-hydrogen) atoms. The molecule has 0 aliphatic heterocycles. The second-order valence-electron chi connectivity index (χ2n) is 4.41. The number of rotatable bonds is 4. The second kappa shape index (κ2) is 6.76. The number of nitrogens with two attached hydrogens (primary N) is 3. The maximum Gasteiger partial charge on any atom is 0.223 e. The highest BCUT2D eigenvalue weighted by atomic mass is 32.1. The summed E-state index contributed by atoms with van der Waals surface area (Å²) in [4.78, 5) is 9.18. The van der Waals surface area contributed by atoms with Crippen molar-refractivity contribution < 1.29 is 0 Å². The molecule has 2 aromatic rings. The lowest BCUT2D eigenvalue weighted by atomic mass is 10.2. The minimum Gasteiger partial charge on any atom is -0.376 e. The quantitative estimate of drug-likeness (QED) is 0.511. The number of para-hydroxylation sites is 2. The first kappa shape index (κ1) is 14.9. The van der Waals surface area contributed by atoms with Crippen molar-refractivity contribution in [2.45, 2.75) is 13.0 Å². The van der Waals surface area contributed by atoms with Crippen molar-refractivity contribution in [1.29, 1.82) is 0 Å². The van der Waals surface area contributed by atoms with Crippen LogP contribution in [0.2, 0.25) is 0 Å². The molecule has 1 atom stereocenters. The molecule has 0 saturated carbocycles. The molecule has 0 saturated heterocycles. The first-order chi connectivity index (χ1) is 10.1. The second-order valence-corrected chi connectivity index (χ2v) is 5.38. The van der Waals surface area contributed by atoms with Crippen molar-refractivity contribution in [2.24, 2.45) is 27.2 Å². The highest BCUT2D eigenvalue weighted by Crippen LogP contribution is 2.29. The molecule has 1 aromatic carbocycles. The molecular weight excluding hydrogens is 284 g/mol. The summed E-state index contributed by atoms with van der Waals surface area (Å²) in [6.07, 6.45) is 0. The van der Waals surface area contributed by atoms with Gasteiger partial charge in [-0.2, -0.15) is 4.99 Å². The molecule has 0 aliphatic carbocycles. The van der Waals surface area contributed by atoms with Crippen LogP contribution < -0.4 is 22.5 Å². The molecule has 0 radical (unpaired) electrons. The Balaban J connectivity index is 2.23. The Bertz CT molecular complexity index is 643. The SMILES string of the molecule is CC(Nc1ccccc1N=C(N)N=C(N)N)c1cccs1. The minimum atomic E-state index is -0.117. The molecule has 0 spiro atoms. The van der Waals surface area contributed by atoms with Crippen LogP contribution in [-0.2, 0) is 0 Å². The molecule has 1 aromatic heterocycles. The summed E-state index contributed by atoms with van der Waals surface area (Å²) in [6.45, 7) is 2.09. The van der Waals surface area contributed by atoms with E-state index >= 15 is 0 Å². The molecule has 1 heterocycles. The van der Waals surface area contributed by atoms with Crippen LogP contribution in [0.1, 0.15) is 17.8 Å². The molecule has 0 bridgehead atoms. The molecule has 7 heteroatoms. The van der Waals surface area contributed by atoms with E-state index in [2.05, 4.69) is 28.3 Å². The summed E-state index contributed by atoms with van der Waals surface area (Å²) < 4.78 is 0. The van der Waals surface area contributed by atoms with Crippen LogP contribution >= 0.6 is 11.3 Å². The van der Waals surface area contributed by atoms with Crippen molar-refractivity contribution in [1.82, 2.24) is 0 Å². The van der Waals surface area contributed by atoms with Gasteiger partial charge in [0.2, 0.25) is 5.96 Å². The molecular formula is C14H18N6S. The molecule has 2 rings (SSSR count). The van der Waals surface area contributed by atoms with Crippen molar-refractivity contribution in [3.8, 4) is 0 Å². The summed E-state index contributed by atoms with van der Waals surface area (Å²) in [6, 6.07) is 11.9. The predicted molar refractivity (Wildman–Crippen MR) is 89.9 cm³/mol. The van der Waals surface area contributed by atoms with E-state index in [9.17, 15) is 0 Å². The normalized spacial score (nSPS) is 12.7. The zero-order chi connectivity index (χ0) is 15.2. The summed E-state index contributed by atoms with van der Waals surface area (Å²) >= 11 is 1.70. The smallest absolute Gasteiger partial charge is 0.223 e. The van der Waals surface area contributed by atoms with Crippen LogP contribution in [0.3, 0.4) is 0 Å². The number of thiophene rings is 1. The van der Waals surface area contributed by atoms with Gasteiger partial charge in [0.05, 0.1) is 17.4 Å². The Hall–Kier alpha value is -2.54. The number of anilines is 1. The average Bonchev–Trinajstić information content (AvgIpc) is 2.94. The number of hydrogen-bond acceptors (Lipinski definition) is 3. The number of guanidine groups is 2. The van der Waals surface area contributed by atoms with E-state index in [0.29, 0.717) is 5.69 Å². The van der Waals surface area contributed by atoms with Gasteiger partial charge in [-0.25, -0.2) is 4.99 Å². The number of aliphatic imine (C=N–C) groups is 2. The fourth-order valence-corrected chi connectivity index (χ4v) is 2.55. The Labute approximate surface area is 127 Å². The monoisotopic (exact) mass is 302 g/mol. The molecule has 0 fully saturated rings. The Morgan fingerprint density at radius 3 is 2.57 bits per heavy atom. The van der Waals surface area contributed by atoms with E-state index in [-0.39, 0.29) is 18.0 Å².